The van der Waals surface area contributed by atoms with Crippen molar-refractivity contribution in [1.82, 2.24) is 15.2 Å². The zero-order valence-electron chi connectivity index (χ0n) is 11.2. The monoisotopic (exact) mass is 295 g/mol. The normalized spacial score (nSPS) is 11.5. The van der Waals surface area contributed by atoms with Crippen LogP contribution in [0.15, 0.2) is 30.6 Å². The van der Waals surface area contributed by atoms with Gasteiger partial charge >= 0.3 is 0 Å². The molecule has 1 aromatic heterocycles. The van der Waals surface area contributed by atoms with Crippen LogP contribution in [-0.2, 0) is 4.79 Å². The van der Waals surface area contributed by atoms with Gasteiger partial charge in [-0.2, -0.15) is 5.10 Å². The quantitative estimate of drug-likeness (QED) is 0.785. The van der Waals surface area contributed by atoms with Gasteiger partial charge in [0.05, 0.1) is 6.04 Å². The maximum Gasteiger partial charge on any atom is 0.241 e. The zero-order valence-corrected chi connectivity index (χ0v) is 12.0. The Bertz CT molecular complexity index is 526. The van der Waals surface area contributed by atoms with Gasteiger partial charge in [0.25, 0.3) is 0 Å². The van der Waals surface area contributed by atoms with Crippen LogP contribution < -0.4 is 11.1 Å². The minimum atomic E-state index is -0.459. The number of nitrogens with two attached hydrogens (primary N) is 1. The van der Waals surface area contributed by atoms with Gasteiger partial charge in [0.1, 0.15) is 6.33 Å². The molecule has 0 aliphatic heterocycles. The predicted octanol–water partition coefficient (Wildman–Crippen LogP) is 1.96. The molecule has 0 fully saturated rings. The van der Waals surface area contributed by atoms with E-state index in [0.717, 1.165) is 17.7 Å². The van der Waals surface area contributed by atoms with Crippen molar-refractivity contribution in [2.75, 3.05) is 5.32 Å². The van der Waals surface area contributed by atoms with Crippen LogP contribution in [-0.4, -0.2) is 27.1 Å². The third kappa shape index (κ3) is 4.04. The highest BCUT2D eigenvalue weighted by molar-refractivity contribution is 5.94. The summed E-state index contributed by atoms with van der Waals surface area (Å²) in [6, 6.07) is 6.89. The van der Waals surface area contributed by atoms with E-state index in [0.29, 0.717) is 12.2 Å². The molecule has 6 nitrogen and oxygen atoms in total. The molecule has 0 aliphatic rings. The van der Waals surface area contributed by atoms with E-state index in [1.807, 2.05) is 31.2 Å². The lowest BCUT2D eigenvalue weighted by Crippen LogP contribution is -2.35. The number of H-pyrrole nitrogens is 1. The standard InChI is InChI=1S/C13H17N5O.ClH/c1-2-3-11(14)13(19)17-10-6-4-9(5-7-10)12-15-8-16-18-12;/h4-8,11H,2-3,14H2,1H3,(H,17,19)(H,15,16,18);1H. The van der Waals surface area contributed by atoms with Gasteiger partial charge in [-0.25, -0.2) is 4.98 Å². The number of nitrogens with one attached hydrogen (secondary N) is 2. The minimum Gasteiger partial charge on any atom is -0.325 e. The summed E-state index contributed by atoms with van der Waals surface area (Å²) in [5, 5.41) is 9.36. The van der Waals surface area contributed by atoms with E-state index in [2.05, 4.69) is 20.5 Å². The van der Waals surface area contributed by atoms with E-state index in [-0.39, 0.29) is 18.3 Å². The first-order valence-corrected chi connectivity index (χ1v) is 6.23. The SMILES string of the molecule is CCCC(N)C(=O)Nc1ccc(-c2ncn[nH]2)cc1.Cl. The number of carbonyl (C=O) groups excluding carboxylic acids is 1. The second-order valence-corrected chi connectivity index (χ2v) is 4.30. The van der Waals surface area contributed by atoms with Crippen molar-refractivity contribution in [2.24, 2.45) is 5.73 Å². The first-order chi connectivity index (χ1) is 9.20. The largest absolute Gasteiger partial charge is 0.325 e. The maximum atomic E-state index is 11.8. The Morgan fingerprint density at radius 1 is 1.40 bits per heavy atom. The number of hydrogen-bond acceptors (Lipinski definition) is 4. The molecule has 1 unspecified atom stereocenters. The Hall–Kier alpha value is -1.92. The Morgan fingerprint density at radius 2 is 2.10 bits per heavy atom. The van der Waals surface area contributed by atoms with E-state index >= 15 is 0 Å². The number of anilines is 1. The van der Waals surface area contributed by atoms with Crippen molar-refractivity contribution in [3.63, 3.8) is 0 Å². The number of carbonyl (C=O) groups is 1. The third-order valence-corrected chi connectivity index (χ3v) is 2.78. The molecule has 4 N–H and O–H groups in total. The summed E-state index contributed by atoms with van der Waals surface area (Å²) in [4.78, 5) is 15.8. The molecule has 108 valence electrons. The fourth-order valence-electron chi connectivity index (χ4n) is 1.73. The fraction of sp³-hybridized carbons (Fsp3) is 0.308. The molecule has 2 aromatic rings. The maximum absolute atomic E-state index is 11.8. The second kappa shape index (κ2) is 7.62. The molecule has 0 spiro atoms. The molecule has 0 aliphatic carbocycles. The summed E-state index contributed by atoms with van der Waals surface area (Å²) in [7, 11) is 0. The number of benzene rings is 1. The third-order valence-electron chi connectivity index (χ3n) is 2.78. The molecular formula is C13H18ClN5O. The van der Waals surface area contributed by atoms with Crippen molar-refractivity contribution in [2.45, 2.75) is 25.8 Å². The number of halogens is 1. The topological polar surface area (TPSA) is 96.7 Å². The lowest BCUT2D eigenvalue weighted by molar-refractivity contribution is -0.117. The summed E-state index contributed by atoms with van der Waals surface area (Å²) >= 11 is 0. The number of rotatable bonds is 5. The lowest BCUT2D eigenvalue weighted by atomic mass is 10.1. The van der Waals surface area contributed by atoms with Gasteiger partial charge in [0.2, 0.25) is 5.91 Å². The van der Waals surface area contributed by atoms with Gasteiger partial charge in [-0.15, -0.1) is 12.4 Å². The van der Waals surface area contributed by atoms with Crippen molar-refractivity contribution >= 4 is 24.0 Å². The van der Waals surface area contributed by atoms with Crippen LogP contribution in [0.2, 0.25) is 0 Å². The minimum absolute atomic E-state index is 0. The highest BCUT2D eigenvalue weighted by Crippen LogP contribution is 2.17. The van der Waals surface area contributed by atoms with E-state index in [1.165, 1.54) is 6.33 Å². The lowest BCUT2D eigenvalue weighted by Gasteiger charge is -2.11. The van der Waals surface area contributed by atoms with Crippen LogP contribution in [0.25, 0.3) is 11.4 Å². The second-order valence-electron chi connectivity index (χ2n) is 4.30. The molecule has 0 saturated heterocycles. The van der Waals surface area contributed by atoms with Gasteiger partial charge in [-0.05, 0) is 30.7 Å². The number of nitrogens with zero attached hydrogens (tertiary/aromatic N) is 2. The molecule has 1 heterocycles. The molecule has 2 rings (SSSR count). The Balaban J connectivity index is 0.00000200. The Labute approximate surface area is 123 Å². The van der Waals surface area contributed by atoms with Crippen LogP contribution in [0.3, 0.4) is 0 Å². The van der Waals surface area contributed by atoms with Crippen LogP contribution in [0, 0.1) is 0 Å². The van der Waals surface area contributed by atoms with Gasteiger partial charge in [-0.3, -0.25) is 9.89 Å². The number of aromatic nitrogens is 3. The van der Waals surface area contributed by atoms with Gasteiger partial charge < -0.3 is 11.1 Å². The fourth-order valence-corrected chi connectivity index (χ4v) is 1.73. The van der Waals surface area contributed by atoms with Crippen molar-refractivity contribution in [3.05, 3.63) is 30.6 Å². The average Bonchev–Trinajstić information content (AvgIpc) is 2.94. The number of hydrogen-bond donors (Lipinski definition) is 3. The van der Waals surface area contributed by atoms with E-state index < -0.39 is 6.04 Å². The van der Waals surface area contributed by atoms with Gasteiger partial charge in [0, 0.05) is 11.3 Å². The molecule has 1 aromatic carbocycles. The van der Waals surface area contributed by atoms with Gasteiger partial charge in [0.15, 0.2) is 5.82 Å². The van der Waals surface area contributed by atoms with E-state index in [4.69, 9.17) is 5.73 Å². The summed E-state index contributed by atoms with van der Waals surface area (Å²) in [6.07, 6.45) is 3.02. The van der Waals surface area contributed by atoms with Crippen LogP contribution >= 0.6 is 12.4 Å². The van der Waals surface area contributed by atoms with Crippen molar-refractivity contribution < 1.29 is 4.79 Å². The molecule has 0 bridgehead atoms. The highest BCUT2D eigenvalue weighted by Gasteiger charge is 2.12. The molecular weight excluding hydrogens is 278 g/mol. The van der Waals surface area contributed by atoms with Crippen LogP contribution in [0.4, 0.5) is 5.69 Å². The van der Waals surface area contributed by atoms with Crippen molar-refractivity contribution in [1.29, 1.82) is 0 Å². The average molecular weight is 296 g/mol. The summed E-state index contributed by atoms with van der Waals surface area (Å²) in [5.41, 5.74) is 7.38. The molecule has 7 heteroatoms. The number of aromatic amines is 1. The first-order valence-electron chi connectivity index (χ1n) is 6.23. The molecule has 0 saturated carbocycles. The summed E-state index contributed by atoms with van der Waals surface area (Å²) in [6.45, 7) is 2.00. The zero-order chi connectivity index (χ0) is 13.7. The predicted molar refractivity (Wildman–Crippen MR) is 80.6 cm³/mol. The van der Waals surface area contributed by atoms with Crippen LogP contribution in [0.1, 0.15) is 19.8 Å². The number of amides is 1. The Kier molecular flexibility index (Phi) is 6.14. The molecule has 1 amide bonds. The Morgan fingerprint density at radius 3 is 2.65 bits per heavy atom. The van der Waals surface area contributed by atoms with E-state index in [1.54, 1.807) is 0 Å². The smallest absolute Gasteiger partial charge is 0.241 e. The summed E-state index contributed by atoms with van der Waals surface area (Å²) in [5.74, 6) is 0.537. The van der Waals surface area contributed by atoms with E-state index in [9.17, 15) is 4.79 Å². The van der Waals surface area contributed by atoms with Crippen LogP contribution in [0.5, 0.6) is 0 Å². The first kappa shape index (κ1) is 16.1. The van der Waals surface area contributed by atoms with Gasteiger partial charge in [-0.1, -0.05) is 13.3 Å². The molecule has 0 radical (unpaired) electrons. The summed E-state index contributed by atoms with van der Waals surface area (Å²) < 4.78 is 0. The molecule has 20 heavy (non-hydrogen) atoms. The van der Waals surface area contributed by atoms with Crippen molar-refractivity contribution in [3.8, 4) is 11.4 Å². The molecule has 1 atom stereocenters. The highest BCUT2D eigenvalue weighted by atomic mass is 35.5.